The number of benzene rings is 1. The van der Waals surface area contributed by atoms with E-state index in [0.29, 0.717) is 12.1 Å². The molecule has 0 radical (unpaired) electrons. The zero-order valence-corrected chi connectivity index (χ0v) is 13.8. The Morgan fingerprint density at radius 3 is 2.70 bits per heavy atom. The number of rotatable bonds is 5. The molecule has 0 spiro atoms. The van der Waals surface area contributed by atoms with Gasteiger partial charge in [0.1, 0.15) is 5.75 Å². The minimum absolute atomic E-state index is 0.00988. The molecule has 2 rings (SSSR count). The molecule has 5 heteroatoms. The van der Waals surface area contributed by atoms with Crippen molar-refractivity contribution >= 4 is 33.0 Å². The van der Waals surface area contributed by atoms with Crippen LogP contribution in [0.1, 0.15) is 28.4 Å². The van der Waals surface area contributed by atoms with Gasteiger partial charge in [0, 0.05) is 24.2 Å². The number of halogens is 1. The first kappa shape index (κ1) is 15.2. The maximum Gasteiger partial charge on any atom is 0.159 e. The third-order valence-electron chi connectivity index (χ3n) is 3.00. The summed E-state index contributed by atoms with van der Waals surface area (Å²) in [6.45, 7) is 2.93. The first-order chi connectivity index (χ1) is 9.45. The van der Waals surface area contributed by atoms with Gasteiger partial charge in [-0.2, -0.15) is 0 Å². The average Bonchev–Trinajstić information content (AvgIpc) is 2.77. The Balaban J connectivity index is 2.08. The normalized spacial score (nSPS) is 11.0. The van der Waals surface area contributed by atoms with Crippen LogP contribution in [0, 0.1) is 0 Å². The third-order valence-corrected chi connectivity index (χ3v) is 4.55. The summed E-state index contributed by atoms with van der Waals surface area (Å²) in [4.78, 5) is 13.5. The van der Waals surface area contributed by atoms with Crippen molar-refractivity contribution in [2.24, 2.45) is 0 Å². The van der Waals surface area contributed by atoms with Crippen LogP contribution in [0.4, 0.5) is 0 Å². The molecule has 0 atom stereocenters. The number of carbonyl (C=O) groups excluding carboxylic acids is 1. The predicted octanol–water partition coefficient (Wildman–Crippen LogP) is 4.05. The van der Waals surface area contributed by atoms with Crippen molar-refractivity contribution in [3.8, 4) is 5.75 Å². The molecule has 1 aromatic heterocycles. The molecule has 0 aliphatic heterocycles. The lowest BCUT2D eigenvalue weighted by Gasteiger charge is -2.17. The largest absolute Gasteiger partial charge is 0.508 e. The molecule has 0 aliphatic carbocycles. The summed E-state index contributed by atoms with van der Waals surface area (Å²) >= 11 is 5.11. The van der Waals surface area contributed by atoms with E-state index in [1.807, 2.05) is 7.05 Å². The summed E-state index contributed by atoms with van der Waals surface area (Å²) in [5.41, 5.74) is 2.63. The first-order valence-electron chi connectivity index (χ1n) is 6.20. The molecule has 0 fully saturated rings. The molecule has 2 aromatic rings. The molecule has 106 valence electrons. The van der Waals surface area contributed by atoms with Crippen LogP contribution in [-0.2, 0) is 13.1 Å². The zero-order chi connectivity index (χ0) is 14.7. The van der Waals surface area contributed by atoms with Crippen molar-refractivity contribution < 1.29 is 9.90 Å². The van der Waals surface area contributed by atoms with Gasteiger partial charge in [-0.25, -0.2) is 0 Å². The number of phenolic OH excluding ortho intramolecular Hbond substituents is 1. The fourth-order valence-electron chi connectivity index (χ4n) is 2.02. The maximum absolute atomic E-state index is 11.4. The van der Waals surface area contributed by atoms with Crippen molar-refractivity contribution in [1.82, 2.24) is 4.90 Å². The number of carbonyl (C=O) groups is 1. The Labute approximate surface area is 131 Å². The van der Waals surface area contributed by atoms with Gasteiger partial charge >= 0.3 is 0 Å². The smallest absolute Gasteiger partial charge is 0.159 e. The second-order valence-electron chi connectivity index (χ2n) is 4.83. The lowest BCUT2D eigenvalue weighted by Crippen LogP contribution is -2.17. The Hall–Kier alpha value is -1.17. The third kappa shape index (κ3) is 3.91. The van der Waals surface area contributed by atoms with E-state index in [0.717, 1.165) is 15.9 Å². The van der Waals surface area contributed by atoms with Gasteiger partial charge in [0.2, 0.25) is 0 Å². The summed E-state index contributed by atoms with van der Waals surface area (Å²) in [6, 6.07) is 7.09. The summed E-state index contributed by atoms with van der Waals surface area (Å²) in [5.74, 6) is 0.240. The van der Waals surface area contributed by atoms with E-state index in [1.165, 1.54) is 12.5 Å². The van der Waals surface area contributed by atoms with Crippen LogP contribution in [-0.4, -0.2) is 22.8 Å². The molecule has 0 saturated carbocycles. The number of aromatic hydroxyl groups is 1. The zero-order valence-electron chi connectivity index (χ0n) is 11.4. The van der Waals surface area contributed by atoms with Crippen LogP contribution in [0.15, 0.2) is 33.4 Å². The standard InChI is InChI=1S/C15H16BrNO2S/c1-10(18)12-3-4-14(19)13(6-12)8-17(2)7-11-5-15(16)20-9-11/h3-6,9,19H,7-8H2,1-2H3. The Morgan fingerprint density at radius 1 is 1.35 bits per heavy atom. The summed E-state index contributed by atoms with van der Waals surface area (Å²) in [7, 11) is 1.99. The van der Waals surface area contributed by atoms with Crippen LogP contribution in [0.25, 0.3) is 0 Å². The fraction of sp³-hybridized carbons (Fsp3) is 0.267. The summed E-state index contributed by atoms with van der Waals surface area (Å²) < 4.78 is 1.11. The van der Waals surface area contributed by atoms with Crippen molar-refractivity contribution in [3.63, 3.8) is 0 Å². The van der Waals surface area contributed by atoms with Crippen LogP contribution in [0.2, 0.25) is 0 Å². The number of Topliss-reactive ketones (excluding diaryl/α,β-unsaturated/α-hetero) is 1. The van der Waals surface area contributed by atoms with Gasteiger partial charge in [-0.1, -0.05) is 0 Å². The SMILES string of the molecule is CC(=O)c1ccc(O)c(CN(C)Cc2csc(Br)c2)c1. The Bertz CT molecular complexity index is 624. The van der Waals surface area contributed by atoms with Crippen molar-refractivity contribution in [2.75, 3.05) is 7.05 Å². The minimum Gasteiger partial charge on any atom is -0.508 e. The topological polar surface area (TPSA) is 40.5 Å². The number of thiophene rings is 1. The highest BCUT2D eigenvalue weighted by Crippen LogP contribution is 2.24. The van der Waals surface area contributed by atoms with Gasteiger partial charge in [0.25, 0.3) is 0 Å². The molecular formula is C15H16BrNO2S. The van der Waals surface area contributed by atoms with E-state index in [2.05, 4.69) is 32.3 Å². The maximum atomic E-state index is 11.4. The van der Waals surface area contributed by atoms with E-state index in [4.69, 9.17) is 0 Å². The van der Waals surface area contributed by atoms with E-state index in [9.17, 15) is 9.90 Å². The molecular weight excluding hydrogens is 338 g/mol. The van der Waals surface area contributed by atoms with Gasteiger partial charge in [0.15, 0.2) is 5.78 Å². The highest BCUT2D eigenvalue weighted by Gasteiger charge is 2.09. The molecule has 3 nitrogen and oxygen atoms in total. The van der Waals surface area contributed by atoms with Crippen molar-refractivity contribution in [3.05, 3.63) is 50.1 Å². The number of ketones is 1. The molecule has 0 unspecified atom stereocenters. The monoisotopic (exact) mass is 353 g/mol. The quantitative estimate of drug-likeness (QED) is 0.824. The number of hydrogen-bond donors (Lipinski definition) is 1. The lowest BCUT2D eigenvalue weighted by molar-refractivity contribution is 0.101. The van der Waals surface area contributed by atoms with Crippen LogP contribution < -0.4 is 0 Å². The molecule has 0 bridgehead atoms. The van der Waals surface area contributed by atoms with Crippen LogP contribution >= 0.6 is 27.3 Å². The summed E-state index contributed by atoms with van der Waals surface area (Å²) in [6.07, 6.45) is 0. The van der Waals surface area contributed by atoms with Crippen molar-refractivity contribution in [1.29, 1.82) is 0 Å². The van der Waals surface area contributed by atoms with Gasteiger partial charge in [0.05, 0.1) is 3.79 Å². The fourth-order valence-corrected chi connectivity index (χ4v) is 3.22. The average molecular weight is 354 g/mol. The van der Waals surface area contributed by atoms with Gasteiger partial charge in [-0.05, 0) is 65.1 Å². The lowest BCUT2D eigenvalue weighted by atomic mass is 10.1. The van der Waals surface area contributed by atoms with Crippen molar-refractivity contribution in [2.45, 2.75) is 20.0 Å². The van der Waals surface area contributed by atoms with E-state index < -0.39 is 0 Å². The summed E-state index contributed by atoms with van der Waals surface area (Å²) in [5, 5.41) is 12.0. The minimum atomic E-state index is 0.00988. The highest BCUT2D eigenvalue weighted by molar-refractivity contribution is 9.11. The van der Waals surface area contributed by atoms with Crippen LogP contribution in [0.3, 0.4) is 0 Å². The molecule has 1 N–H and O–H groups in total. The van der Waals surface area contributed by atoms with Crippen LogP contribution in [0.5, 0.6) is 5.75 Å². The number of hydrogen-bond acceptors (Lipinski definition) is 4. The second kappa shape index (κ2) is 6.52. The van der Waals surface area contributed by atoms with Gasteiger partial charge in [-0.3, -0.25) is 9.69 Å². The molecule has 1 heterocycles. The van der Waals surface area contributed by atoms with E-state index in [-0.39, 0.29) is 11.5 Å². The molecule has 0 aliphatic rings. The van der Waals surface area contributed by atoms with Gasteiger partial charge in [-0.15, -0.1) is 11.3 Å². The Kier molecular flexibility index (Phi) is 4.96. The van der Waals surface area contributed by atoms with Gasteiger partial charge < -0.3 is 5.11 Å². The molecule has 0 saturated heterocycles. The molecule has 1 aromatic carbocycles. The first-order valence-corrected chi connectivity index (χ1v) is 7.87. The molecule has 20 heavy (non-hydrogen) atoms. The second-order valence-corrected chi connectivity index (χ2v) is 7.12. The Morgan fingerprint density at radius 2 is 2.10 bits per heavy atom. The van der Waals surface area contributed by atoms with E-state index >= 15 is 0 Å². The predicted molar refractivity (Wildman–Crippen MR) is 85.3 cm³/mol. The van der Waals surface area contributed by atoms with E-state index in [1.54, 1.807) is 29.5 Å². The number of nitrogens with zero attached hydrogens (tertiary/aromatic N) is 1. The molecule has 0 amide bonds. The highest BCUT2D eigenvalue weighted by atomic mass is 79.9. The number of phenols is 1.